The minimum absolute atomic E-state index is 0.0822. The van der Waals surface area contributed by atoms with Gasteiger partial charge in [0.15, 0.2) is 5.78 Å². The fourth-order valence-electron chi connectivity index (χ4n) is 4.19. The van der Waals surface area contributed by atoms with Crippen molar-refractivity contribution in [3.63, 3.8) is 0 Å². The lowest BCUT2D eigenvalue weighted by atomic mass is 9.79. The molecule has 35 heavy (non-hydrogen) atoms. The molecule has 0 spiro atoms. The average molecular weight is 524 g/mol. The van der Waals surface area contributed by atoms with Gasteiger partial charge in [0.25, 0.3) is 0 Å². The maximum Gasteiger partial charge on any atom is 0.242 e. The van der Waals surface area contributed by atoms with Crippen LogP contribution >= 0.6 is 34.7 Å². The summed E-state index contributed by atoms with van der Waals surface area (Å²) >= 11 is 8.96. The van der Waals surface area contributed by atoms with E-state index < -0.39 is 10.8 Å². The Morgan fingerprint density at radius 2 is 2.03 bits per heavy atom. The first kappa shape index (κ1) is 23.6. The predicted octanol–water partition coefficient (Wildman–Crippen LogP) is 5.08. The summed E-state index contributed by atoms with van der Waals surface area (Å²) in [5.41, 5.74) is 1.23. The summed E-state index contributed by atoms with van der Waals surface area (Å²) in [5, 5.41) is 14.3. The number of piperidine rings is 1. The lowest BCUT2D eigenvalue weighted by molar-refractivity contribution is -0.133. The van der Waals surface area contributed by atoms with Crippen LogP contribution < -0.4 is 10.6 Å². The zero-order valence-corrected chi connectivity index (χ0v) is 21.4. The van der Waals surface area contributed by atoms with Crippen LogP contribution in [0.3, 0.4) is 0 Å². The van der Waals surface area contributed by atoms with Crippen LogP contribution in [-0.2, 0) is 22.2 Å². The second kappa shape index (κ2) is 9.49. The predicted molar refractivity (Wildman–Crippen MR) is 139 cm³/mol. The summed E-state index contributed by atoms with van der Waals surface area (Å²) in [6, 6.07) is 16.6. The topological polar surface area (TPSA) is 88.9 Å². The number of hydrogen-bond acceptors (Lipinski definition) is 7. The Balaban J connectivity index is 1.49. The third-order valence-corrected chi connectivity index (χ3v) is 8.29. The van der Waals surface area contributed by atoms with Crippen molar-refractivity contribution in [2.24, 2.45) is 7.05 Å². The van der Waals surface area contributed by atoms with E-state index in [1.54, 1.807) is 10.7 Å². The molecule has 5 rings (SSSR count). The molecule has 1 fully saturated rings. The van der Waals surface area contributed by atoms with Crippen molar-refractivity contribution in [3.8, 4) is 0 Å². The first-order chi connectivity index (χ1) is 16.9. The Morgan fingerprint density at radius 3 is 2.71 bits per heavy atom. The maximum atomic E-state index is 13.5. The number of aromatic nitrogens is 3. The molecule has 7 nitrogen and oxygen atoms in total. The fraction of sp³-hybridized carbons (Fsp3) is 0.200. The summed E-state index contributed by atoms with van der Waals surface area (Å²) in [5.74, 6) is 0.846. The Labute approximate surface area is 215 Å². The molecule has 178 valence electrons. The first-order valence-electron chi connectivity index (χ1n) is 10.9. The largest absolute Gasteiger partial charge is 0.339 e. The van der Waals surface area contributed by atoms with E-state index in [0.29, 0.717) is 21.4 Å². The summed E-state index contributed by atoms with van der Waals surface area (Å²) in [6.07, 6.45) is 0.0822. The van der Waals surface area contributed by atoms with Crippen molar-refractivity contribution in [3.05, 3.63) is 87.3 Å². The number of carbonyl (C=O) groups excluding carboxylic acids is 2. The molecule has 2 N–H and O–H groups in total. The molecule has 10 heteroatoms. The average Bonchev–Trinajstić information content (AvgIpc) is 3.47. The Bertz CT molecular complexity index is 1380. The second-order valence-electron chi connectivity index (χ2n) is 8.31. The van der Waals surface area contributed by atoms with Gasteiger partial charge in [-0.05, 0) is 53.6 Å². The highest BCUT2D eigenvalue weighted by Gasteiger charge is 2.48. The smallest absolute Gasteiger partial charge is 0.242 e. The highest BCUT2D eigenvalue weighted by Crippen LogP contribution is 2.41. The number of carbonyl (C=O) groups is 2. The molecule has 0 aliphatic carbocycles. The van der Waals surface area contributed by atoms with Gasteiger partial charge < -0.3 is 10.6 Å². The third kappa shape index (κ3) is 4.59. The molecule has 4 aromatic rings. The number of benzene rings is 1. The van der Waals surface area contributed by atoms with E-state index in [2.05, 4.69) is 15.7 Å². The number of halogens is 1. The first-order valence-corrected chi connectivity index (χ1v) is 13.1. The number of rotatable bonds is 6. The van der Waals surface area contributed by atoms with Gasteiger partial charge >= 0.3 is 0 Å². The fourth-order valence-corrected chi connectivity index (χ4v) is 6.16. The molecular weight excluding hydrogens is 502 g/mol. The SMILES string of the molecule is Cc1cc(Nc2cccc(C3(c4ccsc4)CC(=O)C(Sc4ccccc4Cl)C(=O)N3)n2)n(C)n1. The molecule has 1 amide bonds. The molecule has 2 atom stereocenters. The second-order valence-corrected chi connectivity index (χ2v) is 10.6. The van der Waals surface area contributed by atoms with Crippen LogP contribution in [-0.4, -0.2) is 31.7 Å². The summed E-state index contributed by atoms with van der Waals surface area (Å²) in [6.45, 7) is 1.92. The van der Waals surface area contributed by atoms with Crippen molar-refractivity contribution in [2.45, 2.75) is 29.0 Å². The number of anilines is 2. The van der Waals surface area contributed by atoms with Gasteiger partial charge in [0.05, 0.1) is 16.4 Å². The quantitative estimate of drug-likeness (QED) is 0.343. The van der Waals surface area contributed by atoms with E-state index in [4.69, 9.17) is 16.6 Å². The summed E-state index contributed by atoms with van der Waals surface area (Å²) in [7, 11) is 1.85. The molecule has 1 aromatic carbocycles. The van der Waals surface area contributed by atoms with Crippen LogP contribution in [0, 0.1) is 6.92 Å². The van der Waals surface area contributed by atoms with Crippen molar-refractivity contribution in [1.82, 2.24) is 20.1 Å². The lowest BCUT2D eigenvalue weighted by Crippen LogP contribution is -2.58. The van der Waals surface area contributed by atoms with E-state index in [1.165, 1.54) is 23.1 Å². The van der Waals surface area contributed by atoms with Crippen molar-refractivity contribution in [2.75, 3.05) is 5.32 Å². The molecule has 1 aliphatic heterocycles. The number of aryl methyl sites for hydroxylation is 2. The van der Waals surface area contributed by atoms with Crippen LogP contribution in [0.2, 0.25) is 5.02 Å². The van der Waals surface area contributed by atoms with Gasteiger partial charge in [0.1, 0.15) is 22.4 Å². The van der Waals surface area contributed by atoms with Crippen LogP contribution in [0.5, 0.6) is 0 Å². The number of ketones is 1. The highest BCUT2D eigenvalue weighted by molar-refractivity contribution is 8.01. The molecule has 1 saturated heterocycles. The van der Waals surface area contributed by atoms with Crippen molar-refractivity contribution in [1.29, 1.82) is 0 Å². The van der Waals surface area contributed by atoms with Gasteiger partial charge in [-0.3, -0.25) is 14.3 Å². The molecule has 0 bridgehead atoms. The molecule has 2 unspecified atom stereocenters. The highest BCUT2D eigenvalue weighted by atomic mass is 35.5. The number of pyridine rings is 1. The minimum atomic E-state index is -1.06. The van der Waals surface area contributed by atoms with Crippen LogP contribution in [0.4, 0.5) is 11.6 Å². The Kier molecular flexibility index (Phi) is 6.39. The molecule has 0 saturated carbocycles. The molecule has 3 aromatic heterocycles. The Morgan fingerprint density at radius 1 is 1.20 bits per heavy atom. The van der Waals surface area contributed by atoms with Gasteiger partial charge in [0, 0.05) is 24.4 Å². The van der Waals surface area contributed by atoms with Gasteiger partial charge in [-0.1, -0.05) is 29.8 Å². The van der Waals surface area contributed by atoms with Crippen molar-refractivity contribution < 1.29 is 9.59 Å². The van der Waals surface area contributed by atoms with E-state index >= 15 is 0 Å². The third-order valence-electron chi connectivity index (χ3n) is 5.85. The number of nitrogens with one attached hydrogen (secondary N) is 2. The number of nitrogens with zero attached hydrogens (tertiary/aromatic N) is 3. The zero-order chi connectivity index (χ0) is 24.6. The summed E-state index contributed by atoms with van der Waals surface area (Å²) < 4.78 is 1.74. The standard InChI is InChI=1S/C25H22ClN5O2S2/c1-15-12-22(31(2)30-15)28-21-9-5-8-20(27-21)25(16-10-11-34-14-16)13-18(32)23(24(33)29-25)35-19-7-4-3-6-17(19)26/h3-12,14,23H,13H2,1-2H3,(H,27,28)(H,29,33). The van der Waals surface area contributed by atoms with Crippen LogP contribution in [0.1, 0.15) is 23.4 Å². The van der Waals surface area contributed by atoms with Gasteiger partial charge in [-0.2, -0.15) is 16.4 Å². The number of hydrogen-bond donors (Lipinski definition) is 2. The van der Waals surface area contributed by atoms with Crippen LogP contribution in [0.25, 0.3) is 0 Å². The van der Waals surface area contributed by atoms with Gasteiger partial charge in [-0.25, -0.2) is 4.98 Å². The summed E-state index contributed by atoms with van der Waals surface area (Å²) in [4.78, 5) is 32.3. The Hall–Kier alpha value is -3.14. The number of Topliss-reactive ketones (excluding diaryl/α,β-unsaturated/α-hetero) is 1. The number of amides is 1. The molecule has 4 heterocycles. The normalized spacial score (nSPS) is 20.0. The van der Waals surface area contributed by atoms with E-state index in [1.807, 2.05) is 73.3 Å². The van der Waals surface area contributed by atoms with E-state index in [0.717, 1.165) is 17.1 Å². The van der Waals surface area contributed by atoms with Crippen LogP contribution in [0.15, 0.2) is 70.3 Å². The molecular formula is C25H22ClN5O2S2. The monoisotopic (exact) mass is 523 g/mol. The zero-order valence-electron chi connectivity index (χ0n) is 19.0. The molecule has 0 radical (unpaired) electrons. The van der Waals surface area contributed by atoms with Crippen molar-refractivity contribution >= 4 is 58.0 Å². The number of thiophene rings is 1. The van der Waals surface area contributed by atoms with E-state index in [-0.39, 0.29) is 18.1 Å². The van der Waals surface area contributed by atoms with Gasteiger partial charge in [-0.15, -0.1) is 11.8 Å². The molecule has 1 aliphatic rings. The van der Waals surface area contributed by atoms with E-state index in [9.17, 15) is 9.59 Å². The lowest BCUT2D eigenvalue weighted by Gasteiger charge is -2.39. The number of thioether (sulfide) groups is 1. The maximum absolute atomic E-state index is 13.5. The minimum Gasteiger partial charge on any atom is -0.339 e. The van der Waals surface area contributed by atoms with Gasteiger partial charge in [0.2, 0.25) is 5.91 Å².